The molecule has 4 heteroatoms. The fourth-order valence-electron chi connectivity index (χ4n) is 0.813. The molecule has 0 fully saturated rings. The summed E-state index contributed by atoms with van der Waals surface area (Å²) in [6.45, 7) is 10.9. The maximum atomic E-state index is 9.33. The predicted octanol–water partition coefficient (Wildman–Crippen LogP) is 4.56. The molecule has 0 aliphatic heterocycles. The largest absolute Gasteiger partial charge is 0.508 e. The van der Waals surface area contributed by atoms with Crippen molar-refractivity contribution in [2.24, 2.45) is 0 Å². The van der Waals surface area contributed by atoms with E-state index in [2.05, 4.69) is 20.4 Å². The van der Waals surface area contributed by atoms with E-state index in [0.29, 0.717) is 5.75 Å². The molecule has 1 N–H and O–H groups in total. The zero-order chi connectivity index (χ0) is 17.6. The Morgan fingerprint density at radius 3 is 1.27 bits per heavy atom. The van der Waals surface area contributed by atoms with Crippen LogP contribution in [0.5, 0.6) is 5.75 Å². The highest BCUT2D eigenvalue weighted by molar-refractivity contribution is 5.79. The Kier molecular flexibility index (Phi) is 25.3. The van der Waals surface area contributed by atoms with Gasteiger partial charge < -0.3 is 5.11 Å². The minimum Gasteiger partial charge on any atom is -0.508 e. The molecule has 0 aliphatic rings. The van der Waals surface area contributed by atoms with Crippen LogP contribution in [0.2, 0.25) is 0 Å². The Morgan fingerprint density at radius 1 is 0.955 bits per heavy atom. The summed E-state index contributed by atoms with van der Waals surface area (Å²) >= 11 is 0. The number of allylic oxidation sites excluding steroid dienone is 1. The molecular weight excluding hydrogens is 280 g/mol. The van der Waals surface area contributed by atoms with Crippen molar-refractivity contribution in [1.82, 2.24) is 0 Å². The molecule has 116 valence electrons. The molecule has 0 saturated carbocycles. The van der Waals surface area contributed by atoms with Crippen LogP contribution in [0.4, 0.5) is 0 Å². The molecule has 4 nitrogen and oxygen atoms in total. The van der Waals surface area contributed by atoms with Gasteiger partial charge in [0.05, 0.1) is 6.08 Å². The summed E-state index contributed by atoms with van der Waals surface area (Å²) in [5.74, 6) is 0.238. The topological polar surface area (TPSA) is 71.4 Å². The second-order valence-electron chi connectivity index (χ2n) is 3.48. The molecule has 2 aromatic rings. The molecule has 0 heterocycles. The predicted molar refractivity (Wildman–Crippen MR) is 92.9 cm³/mol. The lowest BCUT2D eigenvalue weighted by Crippen LogP contribution is -1.70. The molecule has 0 bridgehead atoms. The van der Waals surface area contributed by atoms with E-state index in [9.17, 15) is 4.79 Å². The normalized spacial score (nSPS) is 6.77. The summed E-state index contributed by atoms with van der Waals surface area (Å²) < 4.78 is 0. The summed E-state index contributed by atoms with van der Waals surface area (Å²) in [4.78, 5) is 23.3. The first kappa shape index (κ1) is 24.0. The number of benzene rings is 2. The van der Waals surface area contributed by atoms with Crippen LogP contribution < -0.4 is 0 Å². The number of carbonyl (C=O) groups excluding carboxylic acids is 1. The molecule has 0 radical (unpaired) electrons. The third-order valence-corrected chi connectivity index (χ3v) is 1.42. The standard InChI is InChI=1S/C6H6O.C6H6.C3H5O.C3H5.O2/c7-6-4-2-1-3-5-6;1-2-4-6-5-3-1;1-3(2)4;1-3-2;1-2/h1-5,7H;1-6H;1H2,2H3;3H,1-2H2;/q;;2*+1;. The Labute approximate surface area is 132 Å². The van der Waals surface area contributed by atoms with E-state index in [4.69, 9.17) is 15.0 Å². The Morgan fingerprint density at radius 2 is 1.14 bits per heavy atom. The van der Waals surface area contributed by atoms with Gasteiger partial charge in [-0.1, -0.05) is 54.6 Å². The van der Waals surface area contributed by atoms with E-state index in [1.54, 1.807) is 24.3 Å². The number of phenols is 1. The van der Waals surface area contributed by atoms with Gasteiger partial charge in [0.15, 0.2) is 0 Å². The summed E-state index contributed by atoms with van der Waals surface area (Å²) in [5.41, 5.74) is 0. The highest BCUT2D eigenvalue weighted by atomic mass is 16.7. The Bertz CT molecular complexity index is 410. The number of Topliss-reactive ketones (excluding diaryl/α,β-unsaturated/α-hetero) is 1. The van der Waals surface area contributed by atoms with Crippen molar-refractivity contribution in [2.75, 3.05) is 0 Å². The quantitative estimate of drug-likeness (QED) is 0.724. The van der Waals surface area contributed by atoms with E-state index in [0.717, 1.165) is 0 Å². The van der Waals surface area contributed by atoms with E-state index in [-0.39, 0.29) is 5.78 Å². The molecule has 0 atom stereocenters. The highest BCUT2D eigenvalue weighted by Gasteiger charge is 1.76. The first-order chi connectivity index (χ1) is 10.5. The fraction of sp³-hybridized carbons (Fsp3) is 0.0556. The maximum Gasteiger partial charge on any atom is 0.300 e. The van der Waals surface area contributed by atoms with Crippen LogP contribution in [0.3, 0.4) is 0 Å². The van der Waals surface area contributed by atoms with Gasteiger partial charge in [-0.25, -0.2) is 4.79 Å². The first-order valence-electron chi connectivity index (χ1n) is 6.18. The molecule has 2 aromatic carbocycles. The van der Waals surface area contributed by atoms with Crippen LogP contribution in [-0.4, -0.2) is 10.9 Å². The van der Waals surface area contributed by atoms with Crippen molar-refractivity contribution in [3.63, 3.8) is 0 Å². The molecule has 0 aromatic heterocycles. The molecule has 0 spiro atoms. The fourth-order valence-corrected chi connectivity index (χ4v) is 0.813. The molecule has 2 rings (SSSR count). The van der Waals surface area contributed by atoms with Crippen LogP contribution in [0.15, 0.2) is 79.4 Å². The first-order valence-corrected chi connectivity index (χ1v) is 6.18. The number of hydrogen-bond donors (Lipinski definition) is 1. The summed E-state index contributed by atoms with van der Waals surface area (Å²) in [5, 5.41) is 8.63. The molecular formula is C18H22O4+2. The summed E-state index contributed by atoms with van der Waals surface area (Å²) in [7, 11) is 0. The van der Waals surface area contributed by atoms with Crippen LogP contribution in [-0.2, 0) is 4.79 Å². The van der Waals surface area contributed by atoms with E-state index in [1.807, 2.05) is 42.5 Å². The van der Waals surface area contributed by atoms with Gasteiger partial charge in [-0.3, -0.25) is 0 Å². The van der Waals surface area contributed by atoms with Crippen LogP contribution in [0.1, 0.15) is 6.92 Å². The van der Waals surface area contributed by atoms with Crippen LogP contribution >= 0.6 is 0 Å². The number of para-hydroxylation sites is 1. The maximum absolute atomic E-state index is 9.33. The zero-order valence-electron chi connectivity index (χ0n) is 12.7. The minimum atomic E-state index is -0.0833. The van der Waals surface area contributed by atoms with Crippen molar-refractivity contribution in [3.8, 4) is 5.75 Å². The van der Waals surface area contributed by atoms with Gasteiger partial charge in [-0.15, -0.1) is 0 Å². The molecule has 0 saturated heterocycles. The second-order valence-corrected chi connectivity index (χ2v) is 3.48. The Balaban J connectivity index is -0.000000221. The van der Waals surface area contributed by atoms with Crippen molar-refractivity contribution in [2.45, 2.75) is 6.92 Å². The molecule has 22 heavy (non-hydrogen) atoms. The lowest BCUT2D eigenvalue weighted by Gasteiger charge is -1.82. The number of ketones is 1. The average Bonchev–Trinajstić information content (AvgIpc) is 2.53. The van der Waals surface area contributed by atoms with Gasteiger partial charge in [0.2, 0.25) is 0 Å². The Hall–Kier alpha value is -3.01. The summed E-state index contributed by atoms with van der Waals surface area (Å²) in [6.07, 6.45) is 1.50. The lowest BCUT2D eigenvalue weighted by atomic mass is 10.3. The number of rotatable bonds is 0. The third-order valence-electron chi connectivity index (χ3n) is 1.42. The van der Waals surface area contributed by atoms with Crippen LogP contribution in [0.25, 0.3) is 0 Å². The van der Waals surface area contributed by atoms with Gasteiger partial charge >= 0.3 is 0 Å². The lowest BCUT2D eigenvalue weighted by molar-refractivity contribution is -0.112. The minimum absolute atomic E-state index is 0.0833. The van der Waals surface area contributed by atoms with Gasteiger partial charge in [0.1, 0.15) is 12.7 Å². The van der Waals surface area contributed by atoms with Gasteiger partial charge in [0.25, 0.3) is 5.78 Å². The van der Waals surface area contributed by atoms with Crippen molar-refractivity contribution < 1.29 is 9.90 Å². The van der Waals surface area contributed by atoms with Gasteiger partial charge in [-0.05, 0) is 12.1 Å². The smallest absolute Gasteiger partial charge is 0.300 e. The SMILES string of the molecule is C=C[CH2+].O=O.Oc1ccccc1.[CH2+]C(C)=O.c1ccccc1. The zero-order valence-corrected chi connectivity index (χ0v) is 12.7. The van der Waals surface area contributed by atoms with Crippen LogP contribution in [0, 0.1) is 23.8 Å². The van der Waals surface area contributed by atoms with Crippen molar-refractivity contribution in [3.05, 3.63) is 103 Å². The summed E-state index contributed by atoms with van der Waals surface area (Å²) in [6, 6.07) is 20.7. The number of carbonyl (C=O) groups is 1. The van der Waals surface area contributed by atoms with Crippen molar-refractivity contribution in [1.29, 1.82) is 0 Å². The van der Waals surface area contributed by atoms with E-state index >= 15 is 0 Å². The monoisotopic (exact) mass is 302 g/mol. The van der Waals surface area contributed by atoms with Crippen molar-refractivity contribution >= 4 is 5.78 Å². The molecule has 0 aliphatic carbocycles. The van der Waals surface area contributed by atoms with Gasteiger partial charge in [-0.2, -0.15) is 0 Å². The number of hydrogen-bond acceptors (Lipinski definition) is 4. The van der Waals surface area contributed by atoms with Gasteiger partial charge in [0, 0.05) is 30.4 Å². The number of phenolic OH excluding ortho intramolecular Hbond substituents is 1. The highest BCUT2D eigenvalue weighted by Crippen LogP contribution is 2.02. The van der Waals surface area contributed by atoms with E-state index < -0.39 is 0 Å². The number of aromatic hydroxyl groups is 1. The second kappa shape index (κ2) is 23.1. The third kappa shape index (κ3) is 36.0. The average molecular weight is 302 g/mol. The molecule has 0 unspecified atom stereocenters. The van der Waals surface area contributed by atoms with E-state index in [1.165, 1.54) is 13.0 Å². The molecule has 0 amide bonds.